The maximum atomic E-state index is 12.9. The maximum Gasteiger partial charge on any atom is 0.339 e. The van der Waals surface area contributed by atoms with Crippen LogP contribution in [-0.4, -0.2) is 20.9 Å². The summed E-state index contributed by atoms with van der Waals surface area (Å²) in [6.45, 7) is 3.82. The highest BCUT2D eigenvalue weighted by Crippen LogP contribution is 2.26. The lowest BCUT2D eigenvalue weighted by Crippen LogP contribution is -2.07. The number of carbonyl (C=O) groups is 1. The average Bonchev–Trinajstić information content (AvgIpc) is 2.74. The van der Waals surface area contributed by atoms with Crippen molar-refractivity contribution in [3.8, 4) is 11.3 Å². The lowest BCUT2D eigenvalue weighted by Gasteiger charge is -2.11. The standard InChI is InChI=1S/C13H13FN2O2/c1-8(2)16-12(11(7-15-16)13(17)18)9-3-5-10(14)6-4-9/h3-8H,1-2H3,(H,17,18). The second-order valence-electron chi connectivity index (χ2n) is 4.26. The maximum absolute atomic E-state index is 12.9. The molecule has 94 valence electrons. The highest BCUT2D eigenvalue weighted by atomic mass is 19.1. The van der Waals surface area contributed by atoms with Crippen molar-refractivity contribution in [2.45, 2.75) is 19.9 Å². The predicted molar refractivity (Wildman–Crippen MR) is 65.0 cm³/mol. The number of rotatable bonds is 3. The fourth-order valence-corrected chi connectivity index (χ4v) is 1.81. The van der Waals surface area contributed by atoms with E-state index in [0.29, 0.717) is 11.3 Å². The van der Waals surface area contributed by atoms with Gasteiger partial charge in [0.2, 0.25) is 0 Å². The van der Waals surface area contributed by atoms with Crippen LogP contribution in [0.3, 0.4) is 0 Å². The van der Waals surface area contributed by atoms with E-state index in [0.717, 1.165) is 0 Å². The van der Waals surface area contributed by atoms with Crippen LogP contribution in [0.2, 0.25) is 0 Å². The quantitative estimate of drug-likeness (QED) is 0.908. The van der Waals surface area contributed by atoms with Crippen LogP contribution in [0.5, 0.6) is 0 Å². The van der Waals surface area contributed by atoms with E-state index in [-0.39, 0.29) is 17.4 Å². The summed E-state index contributed by atoms with van der Waals surface area (Å²) in [5.41, 5.74) is 1.26. The largest absolute Gasteiger partial charge is 0.478 e. The number of benzene rings is 1. The number of aromatic nitrogens is 2. The molecule has 0 fully saturated rings. The minimum atomic E-state index is -1.04. The number of halogens is 1. The van der Waals surface area contributed by atoms with Crippen LogP contribution in [0, 0.1) is 5.82 Å². The minimum Gasteiger partial charge on any atom is -0.478 e. The molecule has 1 aromatic carbocycles. The second kappa shape index (κ2) is 4.60. The van der Waals surface area contributed by atoms with E-state index in [1.165, 1.54) is 18.3 Å². The van der Waals surface area contributed by atoms with Gasteiger partial charge in [-0.2, -0.15) is 5.10 Å². The molecular formula is C13H13FN2O2. The molecule has 5 heteroatoms. The van der Waals surface area contributed by atoms with Gasteiger partial charge in [-0.1, -0.05) is 0 Å². The molecule has 0 radical (unpaired) electrons. The molecule has 18 heavy (non-hydrogen) atoms. The topological polar surface area (TPSA) is 55.1 Å². The van der Waals surface area contributed by atoms with Crippen molar-refractivity contribution in [2.75, 3.05) is 0 Å². The third-order valence-electron chi connectivity index (χ3n) is 2.63. The third-order valence-corrected chi connectivity index (χ3v) is 2.63. The summed E-state index contributed by atoms with van der Waals surface area (Å²) in [5.74, 6) is -1.40. The zero-order chi connectivity index (χ0) is 13.3. The summed E-state index contributed by atoms with van der Waals surface area (Å²) in [6.07, 6.45) is 1.32. The van der Waals surface area contributed by atoms with Gasteiger partial charge in [-0.05, 0) is 38.1 Å². The van der Waals surface area contributed by atoms with E-state index in [2.05, 4.69) is 5.10 Å². The normalized spacial score (nSPS) is 10.9. The van der Waals surface area contributed by atoms with Crippen molar-refractivity contribution in [3.63, 3.8) is 0 Å². The van der Waals surface area contributed by atoms with Crippen molar-refractivity contribution in [2.24, 2.45) is 0 Å². The Balaban J connectivity index is 2.63. The lowest BCUT2D eigenvalue weighted by molar-refractivity contribution is 0.0697. The molecule has 0 atom stereocenters. The Morgan fingerprint density at radius 2 is 1.94 bits per heavy atom. The van der Waals surface area contributed by atoms with E-state index in [4.69, 9.17) is 5.11 Å². The molecular weight excluding hydrogens is 235 g/mol. The Kier molecular flexibility index (Phi) is 3.14. The van der Waals surface area contributed by atoms with Crippen LogP contribution in [0.25, 0.3) is 11.3 Å². The molecule has 0 aliphatic heterocycles. The van der Waals surface area contributed by atoms with Crippen LogP contribution >= 0.6 is 0 Å². The van der Waals surface area contributed by atoms with Gasteiger partial charge in [0.05, 0.1) is 11.9 Å². The Hall–Kier alpha value is -2.17. The molecule has 4 nitrogen and oxygen atoms in total. The van der Waals surface area contributed by atoms with E-state index in [1.54, 1.807) is 16.8 Å². The molecule has 0 spiro atoms. The van der Waals surface area contributed by atoms with Crippen molar-refractivity contribution >= 4 is 5.97 Å². The number of carboxylic acids is 1. The summed E-state index contributed by atoms with van der Waals surface area (Å²) in [5, 5.41) is 13.2. The van der Waals surface area contributed by atoms with Gasteiger partial charge in [0, 0.05) is 11.6 Å². The molecule has 0 aliphatic rings. The highest BCUT2D eigenvalue weighted by molar-refractivity contribution is 5.94. The lowest BCUT2D eigenvalue weighted by atomic mass is 10.1. The number of carboxylic acid groups (broad SMARTS) is 1. The molecule has 0 saturated carbocycles. The van der Waals surface area contributed by atoms with Gasteiger partial charge in [0.15, 0.2) is 0 Å². The highest BCUT2D eigenvalue weighted by Gasteiger charge is 2.19. The number of nitrogens with zero attached hydrogens (tertiary/aromatic N) is 2. The van der Waals surface area contributed by atoms with E-state index < -0.39 is 5.97 Å². The molecule has 2 rings (SSSR count). The van der Waals surface area contributed by atoms with Crippen molar-refractivity contribution in [3.05, 3.63) is 41.8 Å². The zero-order valence-corrected chi connectivity index (χ0v) is 10.1. The van der Waals surface area contributed by atoms with Gasteiger partial charge in [-0.25, -0.2) is 9.18 Å². The molecule has 0 amide bonds. The molecule has 0 aliphatic carbocycles. The second-order valence-corrected chi connectivity index (χ2v) is 4.26. The Labute approximate surface area is 104 Å². The average molecular weight is 248 g/mol. The van der Waals surface area contributed by atoms with Crippen LogP contribution in [0.4, 0.5) is 4.39 Å². The fraction of sp³-hybridized carbons (Fsp3) is 0.231. The first kappa shape index (κ1) is 12.3. The molecule has 2 aromatic rings. The Morgan fingerprint density at radius 1 is 1.33 bits per heavy atom. The van der Waals surface area contributed by atoms with Gasteiger partial charge in [0.1, 0.15) is 11.4 Å². The fourth-order valence-electron chi connectivity index (χ4n) is 1.81. The first-order chi connectivity index (χ1) is 8.50. The molecule has 0 saturated heterocycles. The Morgan fingerprint density at radius 3 is 2.44 bits per heavy atom. The Bertz CT molecular complexity index is 573. The van der Waals surface area contributed by atoms with E-state index in [1.807, 2.05) is 13.8 Å². The van der Waals surface area contributed by atoms with Gasteiger partial charge >= 0.3 is 5.97 Å². The van der Waals surface area contributed by atoms with Crippen LogP contribution in [-0.2, 0) is 0 Å². The van der Waals surface area contributed by atoms with Crippen molar-refractivity contribution in [1.82, 2.24) is 9.78 Å². The van der Waals surface area contributed by atoms with Gasteiger partial charge in [0.25, 0.3) is 0 Å². The summed E-state index contributed by atoms with van der Waals surface area (Å²) in [6, 6.07) is 5.74. The number of hydrogen-bond acceptors (Lipinski definition) is 2. The van der Waals surface area contributed by atoms with Crippen molar-refractivity contribution < 1.29 is 14.3 Å². The summed E-state index contributed by atoms with van der Waals surface area (Å²) in [7, 11) is 0. The van der Waals surface area contributed by atoms with Crippen LogP contribution < -0.4 is 0 Å². The summed E-state index contributed by atoms with van der Waals surface area (Å²) >= 11 is 0. The van der Waals surface area contributed by atoms with E-state index in [9.17, 15) is 9.18 Å². The monoisotopic (exact) mass is 248 g/mol. The predicted octanol–water partition coefficient (Wildman–Crippen LogP) is 2.97. The van der Waals surface area contributed by atoms with Gasteiger partial charge < -0.3 is 5.11 Å². The third kappa shape index (κ3) is 2.11. The summed E-state index contributed by atoms with van der Waals surface area (Å²) < 4.78 is 14.5. The molecule has 0 bridgehead atoms. The molecule has 1 N–H and O–H groups in total. The summed E-state index contributed by atoms with van der Waals surface area (Å²) in [4.78, 5) is 11.2. The number of aromatic carboxylic acids is 1. The molecule has 1 aromatic heterocycles. The van der Waals surface area contributed by atoms with Crippen molar-refractivity contribution in [1.29, 1.82) is 0 Å². The van der Waals surface area contributed by atoms with Crippen LogP contribution in [0.15, 0.2) is 30.5 Å². The molecule has 0 unspecified atom stereocenters. The first-order valence-corrected chi connectivity index (χ1v) is 5.57. The first-order valence-electron chi connectivity index (χ1n) is 5.57. The van der Waals surface area contributed by atoms with Gasteiger partial charge in [-0.15, -0.1) is 0 Å². The smallest absolute Gasteiger partial charge is 0.339 e. The van der Waals surface area contributed by atoms with Gasteiger partial charge in [-0.3, -0.25) is 4.68 Å². The van der Waals surface area contributed by atoms with E-state index >= 15 is 0 Å². The molecule has 1 heterocycles. The number of hydrogen-bond donors (Lipinski definition) is 1. The zero-order valence-electron chi connectivity index (χ0n) is 10.1. The van der Waals surface area contributed by atoms with Crippen LogP contribution in [0.1, 0.15) is 30.2 Å². The minimum absolute atomic E-state index is 0.0261. The SMILES string of the molecule is CC(C)n1ncc(C(=O)O)c1-c1ccc(F)cc1.